The van der Waals surface area contributed by atoms with Crippen LogP contribution >= 0.6 is 0 Å². The Balaban J connectivity index is 1.77. The second kappa shape index (κ2) is 9.98. The molecular formula is C18H26N4O5. The highest BCUT2D eigenvalue weighted by Crippen LogP contribution is 2.23. The molecule has 0 atom stereocenters. The van der Waals surface area contributed by atoms with Gasteiger partial charge in [0.15, 0.2) is 0 Å². The number of carbonyl (C=O) groups is 2. The van der Waals surface area contributed by atoms with Crippen LogP contribution in [0.1, 0.15) is 26.2 Å². The minimum absolute atomic E-state index is 0.0550. The maximum atomic E-state index is 12.1. The Morgan fingerprint density at radius 2 is 2.00 bits per heavy atom. The maximum Gasteiger partial charge on any atom is 0.317 e. The summed E-state index contributed by atoms with van der Waals surface area (Å²) in [4.78, 5) is 37.7. The first kappa shape index (κ1) is 20.8. The molecule has 0 radical (unpaired) electrons. The molecule has 0 unspecified atom stereocenters. The summed E-state index contributed by atoms with van der Waals surface area (Å²) < 4.78 is 0. The number of para-hydroxylation sites is 2. The van der Waals surface area contributed by atoms with E-state index in [4.69, 9.17) is 5.11 Å². The number of likely N-dealkylation sites (tertiary alicyclic amines) is 1. The third kappa shape index (κ3) is 6.30. The maximum absolute atomic E-state index is 12.1. The third-order valence-electron chi connectivity index (χ3n) is 4.85. The summed E-state index contributed by atoms with van der Waals surface area (Å²) >= 11 is 0. The van der Waals surface area contributed by atoms with Gasteiger partial charge >= 0.3 is 5.97 Å². The lowest BCUT2D eigenvalue weighted by molar-refractivity contribution is -0.383. The van der Waals surface area contributed by atoms with Crippen LogP contribution in [0.15, 0.2) is 24.3 Å². The van der Waals surface area contributed by atoms with E-state index in [-0.39, 0.29) is 36.3 Å². The SMILES string of the molecule is CCN(CC(=O)O)C1CCN(CCC(=O)Nc2ccccc2[N+](=O)[O-])CC1. The normalized spacial score (nSPS) is 15.6. The predicted octanol–water partition coefficient (Wildman–Crippen LogP) is 1.79. The Labute approximate surface area is 158 Å². The van der Waals surface area contributed by atoms with E-state index < -0.39 is 10.9 Å². The molecule has 0 saturated carbocycles. The van der Waals surface area contributed by atoms with E-state index in [9.17, 15) is 19.7 Å². The Kier molecular flexibility index (Phi) is 7.68. The first-order valence-corrected chi connectivity index (χ1v) is 9.12. The zero-order chi connectivity index (χ0) is 19.8. The Morgan fingerprint density at radius 3 is 2.59 bits per heavy atom. The number of benzene rings is 1. The molecule has 2 N–H and O–H groups in total. The first-order valence-electron chi connectivity index (χ1n) is 9.12. The summed E-state index contributed by atoms with van der Waals surface area (Å²) in [6.07, 6.45) is 1.99. The van der Waals surface area contributed by atoms with Crippen LogP contribution in [0.3, 0.4) is 0 Å². The van der Waals surface area contributed by atoms with E-state index in [0.29, 0.717) is 13.1 Å². The molecule has 1 aromatic carbocycles. The third-order valence-corrected chi connectivity index (χ3v) is 4.85. The fourth-order valence-corrected chi connectivity index (χ4v) is 3.39. The monoisotopic (exact) mass is 378 g/mol. The van der Waals surface area contributed by atoms with Gasteiger partial charge in [0.25, 0.3) is 5.69 Å². The van der Waals surface area contributed by atoms with E-state index in [2.05, 4.69) is 10.2 Å². The van der Waals surface area contributed by atoms with Gasteiger partial charge in [-0.15, -0.1) is 0 Å². The highest BCUT2D eigenvalue weighted by Gasteiger charge is 2.25. The van der Waals surface area contributed by atoms with E-state index in [1.54, 1.807) is 12.1 Å². The van der Waals surface area contributed by atoms with Crippen LogP contribution in [-0.4, -0.2) is 70.5 Å². The Hall–Kier alpha value is -2.52. The molecule has 148 valence electrons. The molecule has 0 bridgehead atoms. The molecule has 9 heteroatoms. The Morgan fingerprint density at radius 1 is 1.33 bits per heavy atom. The molecule has 0 spiro atoms. The molecular weight excluding hydrogens is 352 g/mol. The quantitative estimate of drug-likeness (QED) is 0.497. The van der Waals surface area contributed by atoms with Crippen molar-refractivity contribution in [3.63, 3.8) is 0 Å². The number of carboxylic acids is 1. The average molecular weight is 378 g/mol. The largest absolute Gasteiger partial charge is 0.480 e. The molecule has 2 rings (SSSR count). The smallest absolute Gasteiger partial charge is 0.317 e. The molecule has 1 amide bonds. The number of hydrogen-bond acceptors (Lipinski definition) is 6. The standard InChI is InChI=1S/C18H26N4O5/c1-2-21(13-18(24)25)14-7-10-20(11-8-14)12-9-17(23)19-15-5-3-4-6-16(15)22(26)27/h3-6,14H,2,7-13H2,1H3,(H,19,23)(H,24,25). The van der Waals surface area contributed by atoms with Crippen LogP contribution in [-0.2, 0) is 9.59 Å². The van der Waals surface area contributed by atoms with Gasteiger partial charge in [-0.25, -0.2) is 0 Å². The number of nitrogens with zero attached hydrogens (tertiary/aromatic N) is 3. The summed E-state index contributed by atoms with van der Waals surface area (Å²) in [6, 6.07) is 6.33. The number of likely N-dealkylation sites (N-methyl/N-ethyl adjacent to an activating group) is 1. The molecule has 1 aromatic rings. The van der Waals surface area contributed by atoms with Crippen molar-refractivity contribution in [1.29, 1.82) is 0 Å². The molecule has 9 nitrogen and oxygen atoms in total. The summed E-state index contributed by atoms with van der Waals surface area (Å²) in [6.45, 7) is 4.90. The van der Waals surface area contributed by atoms with Crippen LogP contribution in [0.5, 0.6) is 0 Å². The van der Waals surface area contributed by atoms with Gasteiger partial charge in [-0.05, 0) is 38.5 Å². The van der Waals surface area contributed by atoms with Gasteiger partial charge in [0.1, 0.15) is 5.69 Å². The van der Waals surface area contributed by atoms with E-state index in [1.165, 1.54) is 12.1 Å². The molecule has 1 aliphatic heterocycles. The summed E-state index contributed by atoms with van der Waals surface area (Å²) in [5.74, 6) is -1.07. The number of rotatable bonds is 9. The van der Waals surface area contributed by atoms with Crippen LogP contribution in [0, 0.1) is 10.1 Å². The minimum atomic E-state index is -0.814. The number of nitrogens with one attached hydrogen (secondary N) is 1. The summed E-state index contributed by atoms with van der Waals surface area (Å²) in [5.41, 5.74) is 0.0863. The molecule has 0 aromatic heterocycles. The summed E-state index contributed by atoms with van der Waals surface area (Å²) in [5, 5.41) is 22.6. The van der Waals surface area contributed by atoms with Gasteiger partial charge < -0.3 is 15.3 Å². The highest BCUT2D eigenvalue weighted by molar-refractivity contribution is 5.93. The predicted molar refractivity (Wildman–Crippen MR) is 101 cm³/mol. The highest BCUT2D eigenvalue weighted by atomic mass is 16.6. The minimum Gasteiger partial charge on any atom is -0.480 e. The zero-order valence-corrected chi connectivity index (χ0v) is 15.5. The molecule has 27 heavy (non-hydrogen) atoms. The number of anilines is 1. The topological polar surface area (TPSA) is 116 Å². The Bertz CT molecular complexity index is 673. The van der Waals surface area contributed by atoms with Crippen molar-refractivity contribution in [3.05, 3.63) is 34.4 Å². The van der Waals surface area contributed by atoms with Crippen LogP contribution in [0.25, 0.3) is 0 Å². The number of carboxylic acid groups (broad SMARTS) is 1. The van der Waals surface area contributed by atoms with Crippen LogP contribution < -0.4 is 5.32 Å². The lowest BCUT2D eigenvalue weighted by Crippen LogP contribution is -2.47. The van der Waals surface area contributed by atoms with Gasteiger partial charge in [0, 0.05) is 25.1 Å². The molecule has 1 aliphatic rings. The van der Waals surface area contributed by atoms with Crippen molar-refractivity contribution >= 4 is 23.3 Å². The van der Waals surface area contributed by atoms with Crippen LogP contribution in [0.4, 0.5) is 11.4 Å². The fraction of sp³-hybridized carbons (Fsp3) is 0.556. The van der Waals surface area contributed by atoms with E-state index in [1.807, 2.05) is 11.8 Å². The van der Waals surface area contributed by atoms with Gasteiger partial charge in [-0.3, -0.25) is 24.6 Å². The molecule has 0 aliphatic carbocycles. The second-order valence-electron chi connectivity index (χ2n) is 6.60. The fourth-order valence-electron chi connectivity index (χ4n) is 3.39. The van der Waals surface area contributed by atoms with Crippen molar-refractivity contribution in [2.24, 2.45) is 0 Å². The zero-order valence-electron chi connectivity index (χ0n) is 15.5. The van der Waals surface area contributed by atoms with Gasteiger partial charge in [-0.1, -0.05) is 19.1 Å². The molecule has 1 heterocycles. The van der Waals surface area contributed by atoms with E-state index >= 15 is 0 Å². The van der Waals surface area contributed by atoms with Gasteiger partial charge in [0.05, 0.1) is 11.5 Å². The lowest BCUT2D eigenvalue weighted by Gasteiger charge is -2.37. The van der Waals surface area contributed by atoms with E-state index in [0.717, 1.165) is 25.9 Å². The van der Waals surface area contributed by atoms with Crippen molar-refractivity contribution in [3.8, 4) is 0 Å². The van der Waals surface area contributed by atoms with Gasteiger partial charge in [-0.2, -0.15) is 0 Å². The number of amides is 1. The van der Waals surface area contributed by atoms with Crippen LogP contribution in [0.2, 0.25) is 0 Å². The van der Waals surface area contributed by atoms with Crippen molar-refractivity contribution < 1.29 is 19.6 Å². The first-order chi connectivity index (χ1) is 12.9. The number of nitro benzene ring substituents is 1. The molecule has 1 saturated heterocycles. The van der Waals surface area contributed by atoms with Crippen molar-refractivity contribution in [1.82, 2.24) is 9.80 Å². The number of aliphatic carboxylic acids is 1. The molecule has 1 fully saturated rings. The van der Waals surface area contributed by atoms with Gasteiger partial charge in [0.2, 0.25) is 5.91 Å². The summed E-state index contributed by atoms with van der Waals surface area (Å²) in [7, 11) is 0. The van der Waals surface area contributed by atoms with Crippen molar-refractivity contribution in [2.75, 3.05) is 38.0 Å². The number of carbonyl (C=O) groups excluding carboxylic acids is 1. The average Bonchev–Trinajstić information content (AvgIpc) is 2.65. The van der Waals surface area contributed by atoms with Crippen molar-refractivity contribution in [2.45, 2.75) is 32.2 Å². The number of nitro groups is 1. The lowest BCUT2D eigenvalue weighted by atomic mass is 10.0. The number of hydrogen-bond donors (Lipinski definition) is 2. The second-order valence-corrected chi connectivity index (χ2v) is 6.60. The number of piperidine rings is 1.